The number of nitrogens with one attached hydrogen (secondary N) is 1. The molecule has 4 heteroatoms. The summed E-state index contributed by atoms with van der Waals surface area (Å²) in [5, 5.41) is 4.38. The van der Waals surface area contributed by atoms with Crippen LogP contribution in [0.5, 0.6) is 0 Å². The van der Waals surface area contributed by atoms with Crippen molar-refractivity contribution >= 4 is 17.2 Å². The number of halogens is 1. The molecule has 2 aromatic heterocycles. The summed E-state index contributed by atoms with van der Waals surface area (Å²) in [6.45, 7) is 5.53. The van der Waals surface area contributed by atoms with Crippen LogP contribution in [0.15, 0.2) is 24.5 Å². The van der Waals surface area contributed by atoms with Crippen LogP contribution >= 0.6 is 11.6 Å². The SMILES string of the molecule is CC1CCC(NCc2cn3cc(Cl)ccc3n2)C1C. The summed E-state index contributed by atoms with van der Waals surface area (Å²) in [4.78, 5) is 4.60. The van der Waals surface area contributed by atoms with Crippen LogP contribution in [0.2, 0.25) is 5.02 Å². The Bertz CT molecular complexity index is 578. The Hall–Kier alpha value is -1.06. The van der Waals surface area contributed by atoms with E-state index >= 15 is 0 Å². The molecule has 1 saturated carbocycles. The zero-order chi connectivity index (χ0) is 13.4. The van der Waals surface area contributed by atoms with E-state index in [-0.39, 0.29) is 0 Å². The van der Waals surface area contributed by atoms with Gasteiger partial charge >= 0.3 is 0 Å². The molecule has 0 amide bonds. The normalized spacial score (nSPS) is 27.2. The van der Waals surface area contributed by atoms with E-state index in [1.165, 1.54) is 12.8 Å². The second-order valence-electron chi connectivity index (χ2n) is 5.75. The van der Waals surface area contributed by atoms with Crippen molar-refractivity contribution in [3.05, 3.63) is 35.2 Å². The summed E-state index contributed by atoms with van der Waals surface area (Å²) < 4.78 is 1.99. The minimum absolute atomic E-state index is 0.628. The molecule has 3 nitrogen and oxygen atoms in total. The van der Waals surface area contributed by atoms with Crippen LogP contribution in [0.25, 0.3) is 5.65 Å². The average Bonchev–Trinajstić information content (AvgIpc) is 2.92. The van der Waals surface area contributed by atoms with Crippen molar-refractivity contribution in [3.63, 3.8) is 0 Å². The van der Waals surface area contributed by atoms with Gasteiger partial charge in [0.15, 0.2) is 0 Å². The molecule has 0 aromatic carbocycles. The molecule has 0 saturated heterocycles. The summed E-state index contributed by atoms with van der Waals surface area (Å²) in [7, 11) is 0. The van der Waals surface area contributed by atoms with Crippen LogP contribution in [-0.2, 0) is 6.54 Å². The number of nitrogens with zero attached hydrogens (tertiary/aromatic N) is 2. The number of aromatic nitrogens is 2. The fourth-order valence-electron chi connectivity index (χ4n) is 2.99. The topological polar surface area (TPSA) is 29.3 Å². The maximum absolute atomic E-state index is 5.98. The van der Waals surface area contributed by atoms with E-state index in [9.17, 15) is 0 Å². The summed E-state index contributed by atoms with van der Waals surface area (Å²) in [5.41, 5.74) is 2.03. The standard InChI is InChI=1S/C15H20ClN3/c1-10-3-5-14(11(10)2)17-7-13-9-19-8-12(16)4-6-15(19)18-13/h4,6,8-11,14,17H,3,5,7H2,1-2H3. The van der Waals surface area contributed by atoms with Crippen LogP contribution in [0, 0.1) is 11.8 Å². The van der Waals surface area contributed by atoms with Crippen LogP contribution in [0.4, 0.5) is 0 Å². The smallest absolute Gasteiger partial charge is 0.137 e. The zero-order valence-corrected chi connectivity index (χ0v) is 12.2. The molecule has 0 bridgehead atoms. The summed E-state index contributed by atoms with van der Waals surface area (Å²) in [5.74, 6) is 1.59. The second-order valence-corrected chi connectivity index (χ2v) is 6.18. The molecule has 1 fully saturated rings. The van der Waals surface area contributed by atoms with Gasteiger partial charge in [0.1, 0.15) is 5.65 Å². The quantitative estimate of drug-likeness (QED) is 0.930. The summed E-state index contributed by atoms with van der Waals surface area (Å²) >= 11 is 5.98. The Balaban J connectivity index is 1.68. The van der Waals surface area contributed by atoms with Crippen LogP contribution in [0.3, 0.4) is 0 Å². The third-order valence-corrected chi connectivity index (χ3v) is 4.70. The molecule has 3 atom stereocenters. The Morgan fingerprint density at radius 2 is 2.16 bits per heavy atom. The monoisotopic (exact) mass is 277 g/mol. The van der Waals surface area contributed by atoms with Gasteiger partial charge in [-0.3, -0.25) is 0 Å². The molecular formula is C15H20ClN3. The van der Waals surface area contributed by atoms with Crippen LogP contribution in [-0.4, -0.2) is 15.4 Å². The lowest BCUT2D eigenvalue weighted by molar-refractivity contribution is 0.369. The van der Waals surface area contributed by atoms with Gasteiger partial charge in [0.25, 0.3) is 0 Å². The fraction of sp³-hybridized carbons (Fsp3) is 0.533. The number of imidazole rings is 1. The summed E-state index contributed by atoms with van der Waals surface area (Å²) in [6, 6.07) is 4.46. The molecule has 3 unspecified atom stereocenters. The van der Waals surface area contributed by atoms with Gasteiger partial charge in [-0.2, -0.15) is 0 Å². The van der Waals surface area contributed by atoms with E-state index in [0.29, 0.717) is 6.04 Å². The van der Waals surface area contributed by atoms with Crippen LogP contribution in [0.1, 0.15) is 32.4 Å². The molecule has 2 aromatic rings. The first kappa shape index (κ1) is 12.9. The lowest BCUT2D eigenvalue weighted by atomic mass is 9.98. The average molecular weight is 278 g/mol. The van der Waals surface area contributed by atoms with E-state index in [1.807, 2.05) is 22.7 Å². The molecule has 3 rings (SSSR count). The van der Waals surface area contributed by atoms with Crippen molar-refractivity contribution < 1.29 is 0 Å². The highest BCUT2D eigenvalue weighted by Crippen LogP contribution is 2.31. The third kappa shape index (κ3) is 2.63. The minimum Gasteiger partial charge on any atom is -0.308 e. The number of hydrogen-bond acceptors (Lipinski definition) is 2. The second kappa shape index (κ2) is 5.14. The fourth-order valence-corrected chi connectivity index (χ4v) is 3.16. The van der Waals surface area contributed by atoms with Gasteiger partial charge in [-0.15, -0.1) is 0 Å². The maximum Gasteiger partial charge on any atom is 0.137 e. The van der Waals surface area contributed by atoms with Crippen molar-refractivity contribution in [2.24, 2.45) is 11.8 Å². The molecule has 2 heterocycles. The maximum atomic E-state index is 5.98. The number of fused-ring (bicyclic) bond motifs is 1. The summed E-state index contributed by atoms with van der Waals surface area (Å²) in [6.07, 6.45) is 6.56. The number of rotatable bonds is 3. The van der Waals surface area contributed by atoms with E-state index in [4.69, 9.17) is 11.6 Å². The van der Waals surface area contributed by atoms with Crippen molar-refractivity contribution in [2.45, 2.75) is 39.3 Å². The predicted molar refractivity (Wildman–Crippen MR) is 78.4 cm³/mol. The van der Waals surface area contributed by atoms with E-state index < -0.39 is 0 Å². The highest BCUT2D eigenvalue weighted by Gasteiger charge is 2.29. The van der Waals surface area contributed by atoms with E-state index in [2.05, 4.69) is 30.3 Å². The van der Waals surface area contributed by atoms with Crippen molar-refractivity contribution in [1.82, 2.24) is 14.7 Å². The van der Waals surface area contributed by atoms with Crippen molar-refractivity contribution in [2.75, 3.05) is 0 Å². The first-order valence-corrected chi connectivity index (χ1v) is 7.38. The van der Waals surface area contributed by atoms with Gasteiger partial charge in [-0.05, 0) is 36.8 Å². The molecule has 1 aliphatic rings. The Labute approximate surface area is 119 Å². The molecular weight excluding hydrogens is 258 g/mol. The lowest BCUT2D eigenvalue weighted by Gasteiger charge is -2.18. The molecule has 1 aliphatic carbocycles. The lowest BCUT2D eigenvalue weighted by Crippen LogP contribution is -2.31. The van der Waals surface area contributed by atoms with Crippen molar-refractivity contribution in [3.8, 4) is 0 Å². The molecule has 0 aliphatic heterocycles. The first-order valence-electron chi connectivity index (χ1n) is 7.00. The third-order valence-electron chi connectivity index (χ3n) is 4.48. The van der Waals surface area contributed by atoms with Gasteiger partial charge in [0.2, 0.25) is 0 Å². The zero-order valence-electron chi connectivity index (χ0n) is 11.4. The highest BCUT2D eigenvalue weighted by molar-refractivity contribution is 6.30. The molecule has 0 radical (unpaired) electrons. The van der Waals surface area contributed by atoms with Gasteiger partial charge in [-0.25, -0.2) is 4.98 Å². The van der Waals surface area contributed by atoms with Gasteiger partial charge in [0.05, 0.1) is 10.7 Å². The molecule has 19 heavy (non-hydrogen) atoms. The number of hydrogen-bond donors (Lipinski definition) is 1. The van der Waals surface area contributed by atoms with Gasteiger partial charge in [0, 0.05) is 25.0 Å². The molecule has 1 N–H and O–H groups in total. The largest absolute Gasteiger partial charge is 0.308 e. The Morgan fingerprint density at radius 3 is 2.89 bits per heavy atom. The number of pyridine rings is 1. The Kier molecular flexibility index (Phi) is 3.50. The van der Waals surface area contributed by atoms with E-state index in [0.717, 1.165) is 34.7 Å². The first-order chi connectivity index (χ1) is 9.13. The van der Waals surface area contributed by atoms with Gasteiger partial charge < -0.3 is 9.72 Å². The van der Waals surface area contributed by atoms with E-state index in [1.54, 1.807) is 0 Å². The Morgan fingerprint density at radius 1 is 1.32 bits per heavy atom. The molecule has 102 valence electrons. The minimum atomic E-state index is 0.628. The predicted octanol–water partition coefficient (Wildman–Crippen LogP) is 3.51. The molecule has 0 spiro atoms. The van der Waals surface area contributed by atoms with Gasteiger partial charge in [-0.1, -0.05) is 25.4 Å². The van der Waals surface area contributed by atoms with Crippen molar-refractivity contribution in [1.29, 1.82) is 0 Å². The van der Waals surface area contributed by atoms with Crippen LogP contribution < -0.4 is 5.32 Å². The highest BCUT2D eigenvalue weighted by atomic mass is 35.5.